The third-order valence-electron chi connectivity index (χ3n) is 22.2. The molecule has 0 radical (unpaired) electrons. The number of methoxy groups -OCH3 is 3. The molecule has 726 valence electrons. The Morgan fingerprint density at radius 1 is 0.198 bits per heavy atom. The molecule has 0 aliphatic rings. The van der Waals surface area contributed by atoms with E-state index in [4.69, 9.17) is 67.3 Å². The number of ether oxygens (including phenoxy) is 3. The first-order valence-electron chi connectivity index (χ1n) is 48.1. The summed E-state index contributed by atoms with van der Waals surface area (Å²) < 4.78 is 85.7. The van der Waals surface area contributed by atoms with Gasteiger partial charge < -0.3 is 67.3 Å². The van der Waals surface area contributed by atoms with Gasteiger partial charge in [-0.1, -0.05) is 229 Å². The number of benzene rings is 6. The Bertz CT molecular complexity index is 3270. The maximum Gasteiger partial charge on any atom is 0.537 e. The summed E-state index contributed by atoms with van der Waals surface area (Å²) in [6.07, 6.45) is 7.03. The molecule has 0 amide bonds. The van der Waals surface area contributed by atoms with Gasteiger partial charge in [0.25, 0.3) is 0 Å². The van der Waals surface area contributed by atoms with Crippen LogP contribution in [0.5, 0.6) is 0 Å². The van der Waals surface area contributed by atoms with Crippen LogP contribution in [0.25, 0.3) is 0 Å². The first kappa shape index (κ1) is 126. The summed E-state index contributed by atoms with van der Waals surface area (Å²) in [4.78, 5) is 0. The minimum atomic E-state index is -2.74. The van der Waals surface area contributed by atoms with Crippen molar-refractivity contribution in [1.29, 1.82) is 0 Å². The summed E-state index contributed by atoms with van der Waals surface area (Å²) in [5.41, 5.74) is 8.49. The molecule has 0 saturated heterocycles. The van der Waals surface area contributed by atoms with Gasteiger partial charge in [0.05, 0.1) is 16.8 Å². The second kappa shape index (κ2) is 67.2. The van der Waals surface area contributed by atoms with Crippen LogP contribution < -0.4 is 31.1 Å². The smallest absolute Gasteiger partial charge is 0.413 e. The van der Waals surface area contributed by atoms with Crippen molar-refractivity contribution >= 4 is 82.5 Å². The van der Waals surface area contributed by atoms with E-state index in [1.54, 1.807) is 21.3 Å². The second-order valence-electron chi connectivity index (χ2n) is 35.8. The van der Waals surface area contributed by atoms with Crippen LogP contribution in [0.3, 0.4) is 0 Å². The zero-order valence-electron chi connectivity index (χ0n) is 88.7. The molecule has 6 aromatic carbocycles. The molecule has 0 bridgehead atoms. The molecule has 6 aromatic rings. The van der Waals surface area contributed by atoms with E-state index in [0.29, 0.717) is 102 Å². The molecule has 6 unspecified atom stereocenters. The number of hydrogen-bond donors (Lipinski definition) is 0. The van der Waals surface area contributed by atoms with Gasteiger partial charge in [0.2, 0.25) is 16.6 Å². The van der Waals surface area contributed by atoms with Gasteiger partial charge in [-0.15, -0.1) is 0 Å². The molecule has 0 N–H and O–H groups in total. The highest BCUT2D eigenvalue weighted by molar-refractivity contribution is 6.85. The Balaban J connectivity index is -0.00000139. The maximum absolute atomic E-state index is 5.92. The van der Waals surface area contributed by atoms with Crippen molar-refractivity contribution < 1.29 is 67.3 Å². The zero-order chi connectivity index (χ0) is 97.2. The van der Waals surface area contributed by atoms with E-state index in [-0.39, 0.29) is 16.8 Å². The van der Waals surface area contributed by atoms with Gasteiger partial charge in [0.1, 0.15) is 0 Å². The van der Waals surface area contributed by atoms with Crippen LogP contribution in [-0.2, 0) is 67.3 Å². The van der Waals surface area contributed by atoms with Crippen LogP contribution in [0.1, 0.15) is 336 Å². The first-order chi connectivity index (χ1) is 59.1. The van der Waals surface area contributed by atoms with Gasteiger partial charge in [0.15, 0.2) is 0 Å². The number of rotatable bonds is 42. The monoisotopic (exact) mass is 1860 g/mol. The highest BCUT2D eigenvalue weighted by Gasteiger charge is 2.45. The van der Waals surface area contributed by atoms with E-state index in [1.807, 2.05) is 132 Å². The molecule has 0 aliphatic heterocycles. The van der Waals surface area contributed by atoms with Gasteiger partial charge in [-0.05, 0) is 313 Å². The average molecular weight is 1860 g/mol. The Morgan fingerprint density at radius 3 is 0.444 bits per heavy atom. The van der Waals surface area contributed by atoms with Gasteiger partial charge in [-0.2, -0.15) is 0 Å². The highest BCUT2D eigenvalue weighted by Crippen LogP contribution is 2.26. The van der Waals surface area contributed by atoms with Gasteiger partial charge >= 0.3 is 34.7 Å². The minimum absolute atomic E-state index is 0.0417. The van der Waals surface area contributed by atoms with E-state index in [2.05, 4.69) is 282 Å². The molecule has 0 aromatic heterocycles. The third kappa shape index (κ3) is 49.7. The van der Waals surface area contributed by atoms with Crippen molar-refractivity contribution in [3.05, 3.63) is 179 Å². The molecule has 0 aliphatic carbocycles. The predicted molar refractivity (Wildman–Crippen MR) is 558 cm³/mol. The molecular formula is C105H192O15Si6. The van der Waals surface area contributed by atoms with Crippen molar-refractivity contribution in [2.75, 3.05) is 101 Å². The largest absolute Gasteiger partial charge is 0.537 e. The van der Waals surface area contributed by atoms with Gasteiger partial charge in [-0.3, -0.25) is 0 Å². The summed E-state index contributed by atoms with van der Waals surface area (Å²) in [6.45, 7) is 90.5. The van der Waals surface area contributed by atoms with Crippen LogP contribution in [0.2, 0.25) is 39.3 Å². The second-order valence-corrected chi connectivity index (χ2v) is 54.7. The first-order valence-corrected chi connectivity index (χ1v) is 62.0. The fourth-order valence-corrected chi connectivity index (χ4v) is 25.6. The molecule has 6 rings (SSSR count). The fourth-order valence-electron chi connectivity index (χ4n) is 12.4. The zero-order valence-corrected chi connectivity index (χ0v) is 94.7. The summed E-state index contributed by atoms with van der Waals surface area (Å²) in [7, 11) is -8.04. The van der Waals surface area contributed by atoms with Crippen molar-refractivity contribution in [2.45, 2.75) is 359 Å². The Morgan fingerprint density at radius 2 is 0.325 bits per heavy atom. The van der Waals surface area contributed by atoms with Crippen molar-refractivity contribution in [1.82, 2.24) is 0 Å². The van der Waals surface area contributed by atoms with Gasteiger partial charge in [0, 0.05) is 111 Å². The van der Waals surface area contributed by atoms with E-state index in [1.165, 1.54) is 79.8 Å². The van der Waals surface area contributed by atoms with E-state index in [0.717, 1.165) is 36.4 Å². The molecule has 0 saturated carbocycles. The number of hydrogen-bond acceptors (Lipinski definition) is 15. The van der Waals surface area contributed by atoms with Crippen LogP contribution in [0, 0.1) is 0 Å². The lowest BCUT2D eigenvalue weighted by Gasteiger charge is -2.28. The predicted octanol–water partition coefficient (Wildman–Crippen LogP) is 25.6. The Labute approximate surface area is 782 Å². The molecule has 0 spiro atoms. The Hall–Kier alpha value is -3.98. The summed E-state index contributed by atoms with van der Waals surface area (Å²) >= 11 is 0. The molecule has 0 fully saturated rings. The molecule has 15 nitrogen and oxygen atoms in total. The Kier molecular flexibility index (Phi) is 67.3. The van der Waals surface area contributed by atoms with Gasteiger partial charge in [-0.25, -0.2) is 0 Å². The van der Waals surface area contributed by atoms with E-state index >= 15 is 0 Å². The normalized spacial score (nSPS) is 13.4. The molecular weight excluding hydrogens is 1670 g/mol. The summed E-state index contributed by atoms with van der Waals surface area (Å²) in [5, 5.41) is 7.32. The fraction of sp³-hybridized carbons (Fsp3) is 0.657. The van der Waals surface area contributed by atoms with E-state index < -0.39 is 51.4 Å². The van der Waals surface area contributed by atoms with Crippen LogP contribution in [0.15, 0.2) is 146 Å². The molecule has 126 heavy (non-hydrogen) atoms. The van der Waals surface area contributed by atoms with Crippen LogP contribution in [0.4, 0.5) is 0 Å². The average Bonchev–Trinajstić information content (AvgIpc) is 0.818. The summed E-state index contributed by atoms with van der Waals surface area (Å²) in [6, 6.07) is 52.7. The van der Waals surface area contributed by atoms with Crippen molar-refractivity contribution in [3.63, 3.8) is 0 Å². The van der Waals surface area contributed by atoms with Crippen LogP contribution in [-0.4, -0.2) is 169 Å². The van der Waals surface area contributed by atoms with Crippen molar-refractivity contribution in [2.24, 2.45) is 0 Å². The minimum Gasteiger partial charge on any atom is -0.413 e. The summed E-state index contributed by atoms with van der Waals surface area (Å²) in [5.74, 6) is 3.70. The van der Waals surface area contributed by atoms with E-state index in [9.17, 15) is 0 Å². The highest BCUT2D eigenvalue weighted by atomic mass is 28.4. The third-order valence-corrected chi connectivity index (χ3v) is 39.9. The quantitative estimate of drug-likeness (QED) is 0.0336. The maximum atomic E-state index is 5.92. The molecule has 21 heteroatoms. The lowest BCUT2D eigenvalue weighted by molar-refractivity contribution is 0.0394. The topological polar surface area (TPSA) is 138 Å². The molecule has 0 heterocycles. The molecule has 6 atom stereocenters. The standard InChI is InChI=1S/2C16H28O3Si.2C15H26O2Si.2C14H24OSi.3C5H12O/c2*1-6-14(5)15-10-12-16(13-11-15)20(17-7-2,18-8-3)19-9-4;2*1-6-13(4)14-9-11-15(12-10-14)18(5,16-7-2)17-8-3;2*1-6-12(3)13-8-10-14(11-9-13)16(4,5)15-7-2;3*1-5(2,3)6-4/h2*10-14H,6-9H2,1-5H3;2*9-13H,6-8H2,1-5H3;2*8-12H,6-7H2,1-5H3;3*1-4H3. The van der Waals surface area contributed by atoms with Crippen molar-refractivity contribution in [3.8, 4) is 0 Å². The lowest BCUT2D eigenvalue weighted by Crippen LogP contribution is -2.56. The SMILES string of the molecule is CCO[Si](C)(C)c1ccc(C(C)CC)cc1.CCO[Si](C)(C)c1ccc(C(C)CC)cc1.CCO[Si](C)(OCC)c1ccc(C(C)CC)cc1.CCO[Si](C)(OCC)c1ccc(C(C)CC)cc1.CCO[Si](OCC)(OCC)c1ccc(C(C)CC)cc1.CCO[Si](OCC)(OCC)c1ccc(C(C)CC)cc1.COC(C)(C)C.COC(C)(C)C.COC(C)(C)C. The lowest BCUT2D eigenvalue weighted by atomic mass is 9.99. The van der Waals surface area contributed by atoms with Crippen LogP contribution >= 0.6 is 0 Å².